The Morgan fingerprint density at radius 1 is 0.857 bits per heavy atom. The molecule has 0 saturated carbocycles. The van der Waals surface area contributed by atoms with Gasteiger partial charge in [-0.3, -0.25) is 4.90 Å². The van der Waals surface area contributed by atoms with Crippen molar-refractivity contribution in [2.75, 3.05) is 26.2 Å². The van der Waals surface area contributed by atoms with Gasteiger partial charge in [0, 0.05) is 6.54 Å². The summed E-state index contributed by atoms with van der Waals surface area (Å²) in [6.07, 6.45) is 9.39. The topological polar surface area (TPSA) is 15.3 Å². The van der Waals surface area contributed by atoms with E-state index in [1.807, 2.05) is 0 Å². The molecule has 1 N–H and O–H groups in total. The highest BCUT2D eigenvalue weighted by atomic mass is 15.1. The fourth-order valence-electron chi connectivity index (χ4n) is 3.08. The standard InChI is InChI=1S/C19H32N2/c1-2-13-20-14-12-18-8-10-19(11-9-18)17-21-15-6-4-3-5-7-16-21/h8-11,20H,2-7,12-17H2,1H3. The lowest BCUT2D eigenvalue weighted by Crippen LogP contribution is -2.26. The van der Waals surface area contributed by atoms with Crippen molar-refractivity contribution in [2.45, 2.75) is 58.4 Å². The van der Waals surface area contributed by atoms with Crippen LogP contribution < -0.4 is 5.32 Å². The minimum atomic E-state index is 1.10. The molecule has 2 nitrogen and oxygen atoms in total. The third-order valence-corrected chi connectivity index (χ3v) is 4.40. The molecule has 0 unspecified atom stereocenters. The summed E-state index contributed by atoms with van der Waals surface area (Å²) in [5.41, 5.74) is 2.93. The van der Waals surface area contributed by atoms with Crippen molar-refractivity contribution in [2.24, 2.45) is 0 Å². The predicted molar refractivity (Wildman–Crippen MR) is 91.7 cm³/mol. The molecule has 1 aromatic carbocycles. The fraction of sp³-hybridized carbons (Fsp3) is 0.684. The van der Waals surface area contributed by atoms with Gasteiger partial charge in [-0.05, 0) is 63.0 Å². The van der Waals surface area contributed by atoms with Gasteiger partial charge in [-0.2, -0.15) is 0 Å². The van der Waals surface area contributed by atoms with Gasteiger partial charge in [-0.15, -0.1) is 0 Å². The minimum Gasteiger partial charge on any atom is -0.316 e. The maximum Gasteiger partial charge on any atom is 0.0233 e. The highest BCUT2D eigenvalue weighted by molar-refractivity contribution is 5.22. The lowest BCUT2D eigenvalue weighted by molar-refractivity contribution is 0.240. The van der Waals surface area contributed by atoms with E-state index in [-0.39, 0.29) is 0 Å². The van der Waals surface area contributed by atoms with E-state index >= 15 is 0 Å². The summed E-state index contributed by atoms with van der Waals surface area (Å²) in [5, 5.41) is 3.47. The van der Waals surface area contributed by atoms with Crippen molar-refractivity contribution in [1.82, 2.24) is 10.2 Å². The summed E-state index contributed by atoms with van der Waals surface area (Å²) in [5.74, 6) is 0. The lowest BCUT2D eigenvalue weighted by atomic mass is 10.1. The zero-order valence-corrected chi connectivity index (χ0v) is 13.7. The maximum absolute atomic E-state index is 3.47. The van der Waals surface area contributed by atoms with Gasteiger partial charge in [0.15, 0.2) is 0 Å². The molecular formula is C19H32N2. The molecule has 0 spiro atoms. The number of benzene rings is 1. The zero-order valence-electron chi connectivity index (χ0n) is 13.7. The van der Waals surface area contributed by atoms with Gasteiger partial charge in [-0.1, -0.05) is 50.5 Å². The van der Waals surface area contributed by atoms with E-state index in [9.17, 15) is 0 Å². The second kappa shape index (κ2) is 9.97. The largest absolute Gasteiger partial charge is 0.316 e. The van der Waals surface area contributed by atoms with Crippen LogP contribution in [-0.4, -0.2) is 31.1 Å². The van der Waals surface area contributed by atoms with Crippen LogP contribution in [0.3, 0.4) is 0 Å². The van der Waals surface area contributed by atoms with Crippen molar-refractivity contribution in [3.63, 3.8) is 0 Å². The molecule has 2 rings (SSSR count). The Morgan fingerprint density at radius 3 is 2.14 bits per heavy atom. The summed E-state index contributed by atoms with van der Waals surface area (Å²) in [4.78, 5) is 2.64. The van der Waals surface area contributed by atoms with Crippen LogP contribution in [0.25, 0.3) is 0 Å². The van der Waals surface area contributed by atoms with E-state index in [0.29, 0.717) is 0 Å². The summed E-state index contributed by atoms with van der Waals surface area (Å²) in [6.45, 7) is 8.14. The van der Waals surface area contributed by atoms with Crippen LogP contribution in [-0.2, 0) is 13.0 Å². The van der Waals surface area contributed by atoms with Crippen molar-refractivity contribution >= 4 is 0 Å². The molecule has 0 bridgehead atoms. The summed E-state index contributed by atoms with van der Waals surface area (Å²) < 4.78 is 0. The monoisotopic (exact) mass is 288 g/mol. The molecule has 0 radical (unpaired) electrons. The average molecular weight is 288 g/mol. The van der Waals surface area contributed by atoms with Gasteiger partial charge in [-0.25, -0.2) is 0 Å². The SMILES string of the molecule is CCCNCCc1ccc(CN2CCCCCCC2)cc1. The molecule has 0 amide bonds. The molecular weight excluding hydrogens is 256 g/mol. The van der Waals surface area contributed by atoms with Crippen LogP contribution >= 0.6 is 0 Å². The number of rotatable bonds is 7. The van der Waals surface area contributed by atoms with Crippen molar-refractivity contribution in [3.05, 3.63) is 35.4 Å². The number of likely N-dealkylation sites (tertiary alicyclic amines) is 1. The first-order valence-corrected chi connectivity index (χ1v) is 8.89. The molecule has 2 heteroatoms. The van der Waals surface area contributed by atoms with E-state index in [2.05, 4.69) is 41.4 Å². The molecule has 1 heterocycles. The van der Waals surface area contributed by atoms with Crippen molar-refractivity contribution in [3.8, 4) is 0 Å². The number of nitrogens with one attached hydrogen (secondary N) is 1. The highest BCUT2D eigenvalue weighted by Gasteiger charge is 2.08. The Labute approximate surface area is 130 Å². The number of hydrogen-bond acceptors (Lipinski definition) is 2. The molecule has 1 fully saturated rings. The van der Waals surface area contributed by atoms with Crippen LogP contribution in [0.4, 0.5) is 0 Å². The fourth-order valence-corrected chi connectivity index (χ4v) is 3.08. The number of nitrogens with zero attached hydrogens (tertiary/aromatic N) is 1. The first-order chi connectivity index (χ1) is 10.4. The summed E-state index contributed by atoms with van der Waals surface area (Å²) in [7, 11) is 0. The van der Waals surface area contributed by atoms with Gasteiger partial charge in [0.1, 0.15) is 0 Å². The maximum atomic E-state index is 3.47. The third-order valence-electron chi connectivity index (χ3n) is 4.40. The summed E-state index contributed by atoms with van der Waals surface area (Å²) in [6, 6.07) is 9.28. The average Bonchev–Trinajstić information content (AvgIpc) is 2.48. The van der Waals surface area contributed by atoms with E-state index in [0.717, 1.165) is 26.1 Å². The van der Waals surface area contributed by atoms with E-state index in [4.69, 9.17) is 0 Å². The van der Waals surface area contributed by atoms with Crippen molar-refractivity contribution < 1.29 is 0 Å². The second-order valence-electron chi connectivity index (χ2n) is 6.36. The third kappa shape index (κ3) is 6.62. The quantitative estimate of drug-likeness (QED) is 0.763. The van der Waals surface area contributed by atoms with Crippen LogP contribution in [0.5, 0.6) is 0 Å². The summed E-state index contributed by atoms with van der Waals surface area (Å²) >= 11 is 0. The molecule has 1 aliphatic rings. The van der Waals surface area contributed by atoms with Gasteiger partial charge >= 0.3 is 0 Å². The van der Waals surface area contributed by atoms with E-state index in [1.165, 1.54) is 62.7 Å². The Balaban J connectivity index is 1.75. The second-order valence-corrected chi connectivity index (χ2v) is 6.36. The molecule has 1 aliphatic heterocycles. The highest BCUT2D eigenvalue weighted by Crippen LogP contribution is 2.14. The molecule has 0 atom stereocenters. The van der Waals surface area contributed by atoms with Gasteiger partial charge < -0.3 is 5.32 Å². The molecule has 0 aromatic heterocycles. The molecule has 1 aromatic rings. The normalized spacial score (nSPS) is 17.4. The van der Waals surface area contributed by atoms with Crippen molar-refractivity contribution in [1.29, 1.82) is 0 Å². The van der Waals surface area contributed by atoms with Gasteiger partial charge in [0.2, 0.25) is 0 Å². The van der Waals surface area contributed by atoms with Gasteiger partial charge in [0.25, 0.3) is 0 Å². The molecule has 0 aliphatic carbocycles. The first kappa shape index (κ1) is 16.5. The Morgan fingerprint density at radius 2 is 1.48 bits per heavy atom. The number of hydrogen-bond donors (Lipinski definition) is 1. The predicted octanol–water partition coefficient (Wildman–Crippen LogP) is 3.99. The van der Waals surface area contributed by atoms with E-state index < -0.39 is 0 Å². The Hall–Kier alpha value is -0.860. The Bertz CT molecular complexity index is 364. The van der Waals surface area contributed by atoms with Crippen LogP contribution in [0.15, 0.2) is 24.3 Å². The first-order valence-electron chi connectivity index (χ1n) is 8.89. The molecule has 1 saturated heterocycles. The molecule has 118 valence electrons. The van der Waals surface area contributed by atoms with E-state index in [1.54, 1.807) is 0 Å². The minimum absolute atomic E-state index is 1.10. The smallest absolute Gasteiger partial charge is 0.0233 e. The zero-order chi connectivity index (χ0) is 14.8. The lowest BCUT2D eigenvalue weighted by Gasteiger charge is -2.24. The molecule has 21 heavy (non-hydrogen) atoms. The van der Waals surface area contributed by atoms with Crippen LogP contribution in [0, 0.1) is 0 Å². The van der Waals surface area contributed by atoms with Crippen LogP contribution in [0.2, 0.25) is 0 Å². The van der Waals surface area contributed by atoms with Gasteiger partial charge in [0.05, 0.1) is 0 Å². The van der Waals surface area contributed by atoms with Crippen LogP contribution in [0.1, 0.15) is 56.6 Å². The Kier molecular flexibility index (Phi) is 7.83.